The lowest BCUT2D eigenvalue weighted by atomic mass is 10.2. The number of carbonyl (C=O) groups is 1. The molecule has 0 N–H and O–H groups in total. The van der Waals surface area contributed by atoms with Gasteiger partial charge >= 0.3 is 0 Å². The molecule has 0 amide bonds. The third kappa shape index (κ3) is 3.65. The number of methoxy groups -OCH3 is 1. The summed E-state index contributed by atoms with van der Waals surface area (Å²) in [6.45, 7) is 0.596. The molecule has 0 unspecified atom stereocenters. The fourth-order valence-electron chi connectivity index (χ4n) is 1.61. The minimum absolute atomic E-state index is 0.182. The van der Waals surface area contributed by atoms with Crippen molar-refractivity contribution < 1.29 is 14.3 Å². The van der Waals surface area contributed by atoms with Crippen molar-refractivity contribution in [1.29, 1.82) is 0 Å². The maximum Gasteiger partial charge on any atom is 0.293 e. The van der Waals surface area contributed by atoms with E-state index in [4.69, 9.17) is 9.47 Å². The average molecular weight is 270 g/mol. The van der Waals surface area contributed by atoms with Crippen LogP contribution in [0.15, 0.2) is 58.8 Å². The summed E-state index contributed by atoms with van der Waals surface area (Å²) in [6.07, 6.45) is 0. The number of hydrogen-bond acceptors (Lipinski definition) is 5. The van der Waals surface area contributed by atoms with Crippen LogP contribution < -0.4 is 4.74 Å². The summed E-state index contributed by atoms with van der Waals surface area (Å²) >= 11 is 0. The Bertz CT molecular complexity index is 594. The molecule has 0 spiro atoms. The van der Waals surface area contributed by atoms with Gasteiger partial charge in [0.1, 0.15) is 12.4 Å². The maximum absolute atomic E-state index is 10.2. The first-order valence-corrected chi connectivity index (χ1v) is 6.02. The van der Waals surface area contributed by atoms with E-state index in [1.807, 2.05) is 48.5 Å². The van der Waals surface area contributed by atoms with Crippen LogP contribution in [0, 0.1) is 0 Å². The summed E-state index contributed by atoms with van der Waals surface area (Å²) in [5, 5.41) is 8.32. The van der Waals surface area contributed by atoms with Gasteiger partial charge in [0, 0.05) is 5.56 Å². The van der Waals surface area contributed by atoms with Gasteiger partial charge in [-0.25, -0.2) is 0 Å². The van der Waals surface area contributed by atoms with Crippen LogP contribution >= 0.6 is 0 Å². The van der Waals surface area contributed by atoms with Gasteiger partial charge in [0.25, 0.3) is 6.47 Å². The molecular weight excluding hydrogens is 256 g/mol. The van der Waals surface area contributed by atoms with Gasteiger partial charge in [0.15, 0.2) is 0 Å². The van der Waals surface area contributed by atoms with Gasteiger partial charge in [0.05, 0.1) is 18.5 Å². The van der Waals surface area contributed by atoms with Crippen LogP contribution in [-0.2, 0) is 16.1 Å². The minimum atomic E-state index is 0.182. The molecule has 0 atom stereocenters. The zero-order valence-electron chi connectivity index (χ0n) is 11.0. The van der Waals surface area contributed by atoms with E-state index in [-0.39, 0.29) is 6.61 Å². The summed E-state index contributed by atoms with van der Waals surface area (Å²) in [7, 11) is 1.61. The Hall–Kier alpha value is -2.69. The molecule has 5 heteroatoms. The number of azo groups is 1. The second kappa shape index (κ2) is 7.04. The van der Waals surface area contributed by atoms with Crippen molar-refractivity contribution in [3.05, 3.63) is 54.1 Å². The normalized spacial score (nSPS) is 10.4. The number of ether oxygens (including phenoxy) is 2. The van der Waals surface area contributed by atoms with E-state index >= 15 is 0 Å². The number of hydrogen-bond donors (Lipinski definition) is 0. The highest BCUT2D eigenvalue weighted by atomic mass is 16.5. The zero-order valence-corrected chi connectivity index (χ0v) is 11.0. The molecule has 0 aliphatic rings. The fraction of sp³-hybridized carbons (Fsp3) is 0.133. The van der Waals surface area contributed by atoms with E-state index in [0.29, 0.717) is 12.2 Å². The molecule has 0 saturated heterocycles. The molecule has 0 fully saturated rings. The van der Waals surface area contributed by atoms with Gasteiger partial charge in [-0.15, -0.1) is 0 Å². The van der Waals surface area contributed by atoms with Gasteiger partial charge in [-0.05, 0) is 30.3 Å². The molecule has 0 radical (unpaired) electrons. The minimum Gasteiger partial charge on any atom is -0.497 e. The monoisotopic (exact) mass is 270 g/mol. The third-order valence-corrected chi connectivity index (χ3v) is 2.64. The topological polar surface area (TPSA) is 60.3 Å². The fourth-order valence-corrected chi connectivity index (χ4v) is 1.61. The molecule has 0 aliphatic heterocycles. The molecule has 2 rings (SSSR count). The van der Waals surface area contributed by atoms with Crippen LogP contribution in [0.3, 0.4) is 0 Å². The molecule has 5 nitrogen and oxygen atoms in total. The SMILES string of the molecule is COc1ccc(N=Nc2ccccc2COC=O)cc1. The Balaban J connectivity index is 2.15. The number of nitrogens with zero attached hydrogens (tertiary/aromatic N) is 2. The molecule has 0 aliphatic carbocycles. The van der Waals surface area contributed by atoms with Crippen molar-refractivity contribution in [2.24, 2.45) is 10.2 Å². The van der Waals surface area contributed by atoms with Gasteiger partial charge in [-0.1, -0.05) is 18.2 Å². The molecule has 0 saturated carbocycles. The molecule has 2 aromatic carbocycles. The molecule has 0 heterocycles. The summed E-state index contributed by atoms with van der Waals surface area (Å²) in [4.78, 5) is 10.2. The molecule has 102 valence electrons. The maximum atomic E-state index is 10.2. The predicted molar refractivity (Wildman–Crippen MR) is 74.5 cm³/mol. The first kappa shape index (κ1) is 13.7. The van der Waals surface area contributed by atoms with Gasteiger partial charge in [-0.3, -0.25) is 4.79 Å². The highest BCUT2D eigenvalue weighted by Gasteiger charge is 2.01. The Morgan fingerprint density at radius 3 is 2.50 bits per heavy atom. The molecule has 0 bridgehead atoms. The summed E-state index contributed by atoms with van der Waals surface area (Å²) < 4.78 is 9.82. The summed E-state index contributed by atoms with van der Waals surface area (Å²) in [5.74, 6) is 0.767. The quantitative estimate of drug-likeness (QED) is 0.592. The lowest BCUT2D eigenvalue weighted by Gasteiger charge is -2.03. The molecular formula is C15H14N2O3. The van der Waals surface area contributed by atoms with Gasteiger partial charge < -0.3 is 9.47 Å². The van der Waals surface area contributed by atoms with E-state index in [2.05, 4.69) is 10.2 Å². The zero-order chi connectivity index (χ0) is 14.2. The van der Waals surface area contributed by atoms with Crippen molar-refractivity contribution in [3.8, 4) is 5.75 Å². The van der Waals surface area contributed by atoms with Crippen LogP contribution in [0.1, 0.15) is 5.56 Å². The second-order valence-electron chi connectivity index (χ2n) is 3.93. The van der Waals surface area contributed by atoms with Crippen LogP contribution in [-0.4, -0.2) is 13.6 Å². The Kier molecular flexibility index (Phi) is 4.83. The first-order valence-electron chi connectivity index (χ1n) is 6.02. The standard InChI is InChI=1S/C15H14N2O3/c1-19-14-8-6-13(7-9-14)16-17-15-5-3-2-4-12(15)10-20-11-18/h2-9,11H,10H2,1H3. The van der Waals surface area contributed by atoms with Crippen LogP contribution in [0.5, 0.6) is 5.75 Å². The largest absolute Gasteiger partial charge is 0.497 e. The first-order chi connectivity index (χ1) is 9.83. The van der Waals surface area contributed by atoms with Gasteiger partial charge in [0.2, 0.25) is 0 Å². The summed E-state index contributed by atoms with van der Waals surface area (Å²) in [6, 6.07) is 14.6. The second-order valence-corrected chi connectivity index (χ2v) is 3.93. The lowest BCUT2D eigenvalue weighted by Crippen LogP contribution is -1.89. The van der Waals surface area contributed by atoms with Crippen molar-refractivity contribution in [2.75, 3.05) is 7.11 Å². The number of benzene rings is 2. The van der Waals surface area contributed by atoms with Crippen LogP contribution in [0.25, 0.3) is 0 Å². The Morgan fingerprint density at radius 1 is 1.05 bits per heavy atom. The van der Waals surface area contributed by atoms with E-state index in [1.165, 1.54) is 0 Å². The average Bonchev–Trinajstić information content (AvgIpc) is 2.52. The Labute approximate surface area is 116 Å². The molecule has 20 heavy (non-hydrogen) atoms. The number of carbonyl (C=O) groups excluding carboxylic acids is 1. The molecule has 2 aromatic rings. The smallest absolute Gasteiger partial charge is 0.293 e. The Morgan fingerprint density at radius 2 is 1.80 bits per heavy atom. The molecule has 0 aromatic heterocycles. The predicted octanol–water partition coefficient (Wildman–Crippen LogP) is 3.78. The van der Waals surface area contributed by atoms with Crippen molar-refractivity contribution in [1.82, 2.24) is 0 Å². The number of rotatable bonds is 6. The van der Waals surface area contributed by atoms with Crippen LogP contribution in [0.2, 0.25) is 0 Å². The third-order valence-electron chi connectivity index (χ3n) is 2.64. The van der Waals surface area contributed by atoms with Crippen LogP contribution in [0.4, 0.5) is 11.4 Å². The highest BCUT2D eigenvalue weighted by Crippen LogP contribution is 2.24. The van der Waals surface area contributed by atoms with Crippen molar-refractivity contribution in [3.63, 3.8) is 0 Å². The van der Waals surface area contributed by atoms with Gasteiger partial charge in [-0.2, -0.15) is 10.2 Å². The van der Waals surface area contributed by atoms with E-state index < -0.39 is 0 Å². The van der Waals surface area contributed by atoms with E-state index in [0.717, 1.165) is 17.0 Å². The van der Waals surface area contributed by atoms with Crippen molar-refractivity contribution >= 4 is 17.8 Å². The highest BCUT2D eigenvalue weighted by molar-refractivity contribution is 5.47. The van der Waals surface area contributed by atoms with E-state index in [1.54, 1.807) is 7.11 Å². The van der Waals surface area contributed by atoms with Crippen molar-refractivity contribution in [2.45, 2.75) is 6.61 Å². The lowest BCUT2D eigenvalue weighted by molar-refractivity contribution is -0.129. The van der Waals surface area contributed by atoms with E-state index in [9.17, 15) is 4.79 Å². The summed E-state index contributed by atoms with van der Waals surface area (Å²) in [5.41, 5.74) is 2.19.